The van der Waals surface area contributed by atoms with Crippen LogP contribution in [0.5, 0.6) is 0 Å². The van der Waals surface area contributed by atoms with Gasteiger partial charge in [0.2, 0.25) is 0 Å². The lowest BCUT2D eigenvalue weighted by atomic mass is 9.96. The van der Waals surface area contributed by atoms with Crippen LogP contribution in [0.1, 0.15) is 0 Å². The minimum atomic E-state index is 0.637. The average Bonchev–Trinajstić information content (AvgIpc) is 3.58. The zero-order valence-electron chi connectivity index (χ0n) is 26.5. The average molecular weight is 628 g/mol. The summed E-state index contributed by atoms with van der Waals surface area (Å²) in [7, 11) is 0. The number of para-hydroxylation sites is 1. The van der Waals surface area contributed by atoms with Gasteiger partial charge in [0.1, 0.15) is 11.2 Å². The van der Waals surface area contributed by atoms with Crippen molar-refractivity contribution in [3.63, 3.8) is 0 Å². The smallest absolute Gasteiger partial charge is 0.164 e. The highest BCUT2D eigenvalue weighted by Crippen LogP contribution is 2.37. The molecular weight excluding hydrogens is 599 g/mol. The molecule has 0 saturated carbocycles. The van der Waals surface area contributed by atoms with Crippen molar-refractivity contribution in [1.82, 2.24) is 15.0 Å². The molecule has 2 aromatic heterocycles. The Morgan fingerprint density at radius 1 is 0.286 bits per heavy atom. The molecular formula is C45H29N3O. The van der Waals surface area contributed by atoms with E-state index in [-0.39, 0.29) is 0 Å². The number of benzene rings is 7. The van der Waals surface area contributed by atoms with E-state index in [0.717, 1.165) is 60.9 Å². The van der Waals surface area contributed by atoms with Crippen LogP contribution in [0.4, 0.5) is 0 Å². The first-order valence-corrected chi connectivity index (χ1v) is 16.4. The quantitative estimate of drug-likeness (QED) is 0.184. The number of fused-ring (bicyclic) bond motifs is 3. The van der Waals surface area contributed by atoms with Crippen molar-refractivity contribution in [1.29, 1.82) is 0 Å². The van der Waals surface area contributed by atoms with Crippen molar-refractivity contribution in [2.75, 3.05) is 0 Å². The molecule has 230 valence electrons. The van der Waals surface area contributed by atoms with Gasteiger partial charge in [-0.05, 0) is 45.5 Å². The molecule has 0 radical (unpaired) electrons. The Morgan fingerprint density at radius 2 is 0.673 bits per heavy atom. The lowest BCUT2D eigenvalue weighted by Gasteiger charge is -2.10. The van der Waals surface area contributed by atoms with E-state index in [1.807, 2.05) is 54.6 Å². The fourth-order valence-corrected chi connectivity index (χ4v) is 6.46. The largest absolute Gasteiger partial charge is 0.456 e. The Labute approximate surface area is 284 Å². The van der Waals surface area contributed by atoms with E-state index >= 15 is 0 Å². The second-order valence-corrected chi connectivity index (χ2v) is 12.0. The summed E-state index contributed by atoms with van der Waals surface area (Å²) in [6.07, 6.45) is 0. The van der Waals surface area contributed by atoms with Gasteiger partial charge in [-0.25, -0.2) is 15.0 Å². The Kier molecular flexibility index (Phi) is 7.10. The van der Waals surface area contributed by atoms with Crippen molar-refractivity contribution in [2.24, 2.45) is 0 Å². The summed E-state index contributed by atoms with van der Waals surface area (Å²) in [5.41, 5.74) is 11.5. The third-order valence-corrected chi connectivity index (χ3v) is 8.99. The van der Waals surface area contributed by atoms with Crippen LogP contribution in [-0.2, 0) is 0 Å². The molecule has 0 atom stereocenters. The molecule has 0 fully saturated rings. The summed E-state index contributed by atoms with van der Waals surface area (Å²) in [5.74, 6) is 1.93. The first-order valence-electron chi connectivity index (χ1n) is 16.4. The van der Waals surface area contributed by atoms with Gasteiger partial charge in [0.05, 0.1) is 0 Å². The first-order chi connectivity index (χ1) is 24.3. The molecule has 0 unspecified atom stereocenters. The van der Waals surface area contributed by atoms with Crippen LogP contribution in [0.15, 0.2) is 180 Å². The van der Waals surface area contributed by atoms with Crippen molar-refractivity contribution >= 4 is 21.9 Å². The van der Waals surface area contributed by atoms with Crippen LogP contribution in [0.25, 0.3) is 89.5 Å². The summed E-state index contributed by atoms with van der Waals surface area (Å²) in [6, 6.07) is 60.5. The molecule has 0 saturated heterocycles. The summed E-state index contributed by atoms with van der Waals surface area (Å²) in [5, 5.41) is 2.28. The van der Waals surface area contributed by atoms with Gasteiger partial charge in [0.25, 0.3) is 0 Å². The molecule has 0 aliphatic carbocycles. The molecule has 4 heteroatoms. The van der Waals surface area contributed by atoms with E-state index in [0.29, 0.717) is 17.5 Å². The number of rotatable bonds is 6. The maximum Gasteiger partial charge on any atom is 0.164 e. The molecule has 2 heterocycles. The molecule has 0 aliphatic heterocycles. The van der Waals surface area contributed by atoms with Gasteiger partial charge in [0.15, 0.2) is 17.5 Å². The summed E-state index contributed by atoms with van der Waals surface area (Å²) < 4.78 is 6.13. The van der Waals surface area contributed by atoms with Crippen LogP contribution in [0.2, 0.25) is 0 Å². The minimum Gasteiger partial charge on any atom is -0.456 e. The highest BCUT2D eigenvalue weighted by Gasteiger charge is 2.14. The van der Waals surface area contributed by atoms with E-state index in [1.165, 1.54) is 11.1 Å². The van der Waals surface area contributed by atoms with Gasteiger partial charge in [-0.15, -0.1) is 0 Å². The number of nitrogens with zero attached hydrogens (tertiary/aromatic N) is 3. The van der Waals surface area contributed by atoms with Gasteiger partial charge < -0.3 is 4.42 Å². The molecule has 0 spiro atoms. The molecule has 7 aromatic carbocycles. The zero-order chi connectivity index (χ0) is 32.6. The number of hydrogen-bond donors (Lipinski definition) is 0. The second-order valence-electron chi connectivity index (χ2n) is 12.0. The van der Waals surface area contributed by atoms with Crippen molar-refractivity contribution in [2.45, 2.75) is 0 Å². The third kappa shape index (κ3) is 5.45. The lowest BCUT2D eigenvalue weighted by molar-refractivity contribution is 0.669. The van der Waals surface area contributed by atoms with Gasteiger partial charge in [-0.1, -0.05) is 164 Å². The highest BCUT2D eigenvalue weighted by atomic mass is 16.3. The normalized spacial score (nSPS) is 11.3. The Balaban J connectivity index is 1.04. The predicted octanol–water partition coefficient (Wildman–Crippen LogP) is 11.8. The van der Waals surface area contributed by atoms with Gasteiger partial charge >= 0.3 is 0 Å². The standard InChI is InChI=1S/C45H29N3O/c1-3-10-30(11-4-1)31-20-26-36(27-21-31)44-46-43(35-12-5-2-6-13-35)47-45(48-44)37-28-22-33(23-29-37)32-18-24-34(25-19-32)38-15-9-17-41-42(38)39-14-7-8-16-40(39)49-41/h1-29H. The van der Waals surface area contributed by atoms with Crippen molar-refractivity contribution < 1.29 is 4.42 Å². The van der Waals surface area contributed by atoms with Crippen LogP contribution in [-0.4, -0.2) is 15.0 Å². The number of furan rings is 1. The number of hydrogen-bond acceptors (Lipinski definition) is 4. The Hall–Kier alpha value is -6.65. The molecule has 4 nitrogen and oxygen atoms in total. The molecule has 0 amide bonds. The molecule has 49 heavy (non-hydrogen) atoms. The second kappa shape index (κ2) is 12.2. The van der Waals surface area contributed by atoms with Crippen molar-refractivity contribution in [3.8, 4) is 67.5 Å². The van der Waals surface area contributed by atoms with E-state index in [1.54, 1.807) is 0 Å². The van der Waals surface area contributed by atoms with E-state index in [9.17, 15) is 0 Å². The van der Waals surface area contributed by atoms with Crippen LogP contribution in [0, 0.1) is 0 Å². The molecule has 0 bridgehead atoms. The topological polar surface area (TPSA) is 51.8 Å². The summed E-state index contributed by atoms with van der Waals surface area (Å²) in [4.78, 5) is 14.8. The highest BCUT2D eigenvalue weighted by molar-refractivity contribution is 6.12. The van der Waals surface area contributed by atoms with Crippen LogP contribution < -0.4 is 0 Å². The number of aromatic nitrogens is 3. The fraction of sp³-hybridized carbons (Fsp3) is 0. The van der Waals surface area contributed by atoms with Gasteiger partial charge in [0, 0.05) is 27.5 Å². The third-order valence-electron chi connectivity index (χ3n) is 8.99. The molecule has 0 aliphatic rings. The molecule has 0 N–H and O–H groups in total. The lowest BCUT2D eigenvalue weighted by Crippen LogP contribution is -2.00. The summed E-state index contributed by atoms with van der Waals surface area (Å²) >= 11 is 0. The van der Waals surface area contributed by atoms with Crippen LogP contribution >= 0.6 is 0 Å². The van der Waals surface area contributed by atoms with E-state index < -0.39 is 0 Å². The Morgan fingerprint density at radius 3 is 1.22 bits per heavy atom. The zero-order valence-corrected chi connectivity index (χ0v) is 26.5. The molecule has 9 rings (SSSR count). The van der Waals surface area contributed by atoms with E-state index in [4.69, 9.17) is 19.4 Å². The predicted molar refractivity (Wildman–Crippen MR) is 200 cm³/mol. The van der Waals surface area contributed by atoms with E-state index in [2.05, 4.69) is 121 Å². The monoisotopic (exact) mass is 627 g/mol. The van der Waals surface area contributed by atoms with Crippen LogP contribution in [0.3, 0.4) is 0 Å². The summed E-state index contributed by atoms with van der Waals surface area (Å²) in [6.45, 7) is 0. The molecule has 9 aromatic rings. The van der Waals surface area contributed by atoms with Crippen molar-refractivity contribution in [3.05, 3.63) is 176 Å². The fourth-order valence-electron chi connectivity index (χ4n) is 6.46. The van der Waals surface area contributed by atoms with Gasteiger partial charge in [-0.3, -0.25) is 0 Å². The Bertz CT molecular complexity index is 2560. The maximum absolute atomic E-state index is 6.13. The minimum absolute atomic E-state index is 0.637. The maximum atomic E-state index is 6.13. The first kappa shape index (κ1) is 28.6. The van der Waals surface area contributed by atoms with Gasteiger partial charge in [-0.2, -0.15) is 0 Å². The SMILES string of the molecule is c1ccc(-c2ccc(-c3nc(-c4ccccc4)nc(-c4ccc(-c5ccc(-c6cccc7oc8ccccc8c67)cc5)cc4)n3)cc2)cc1.